The van der Waals surface area contributed by atoms with Crippen molar-refractivity contribution in [3.05, 3.63) is 0 Å². The van der Waals surface area contributed by atoms with Crippen LogP contribution in [0.4, 0.5) is 0 Å². The van der Waals surface area contributed by atoms with E-state index in [2.05, 4.69) is 11.4 Å². The van der Waals surface area contributed by atoms with Crippen molar-refractivity contribution in [3.8, 4) is 6.07 Å². The molecule has 1 N–H and O–H groups in total. The van der Waals surface area contributed by atoms with Crippen LogP contribution in [0.25, 0.3) is 0 Å². The summed E-state index contributed by atoms with van der Waals surface area (Å²) in [6.45, 7) is 1.44. The molecule has 0 aromatic carbocycles. The lowest BCUT2D eigenvalue weighted by Gasteiger charge is -2.35. The summed E-state index contributed by atoms with van der Waals surface area (Å²) in [5.41, 5.74) is -0.508. The van der Waals surface area contributed by atoms with Crippen molar-refractivity contribution in [3.63, 3.8) is 0 Å². The Balaban J connectivity index is 2.51. The van der Waals surface area contributed by atoms with Gasteiger partial charge in [0, 0.05) is 6.92 Å². The number of nitriles is 1. The van der Waals surface area contributed by atoms with Crippen molar-refractivity contribution in [1.82, 2.24) is 5.32 Å². The van der Waals surface area contributed by atoms with Crippen LogP contribution in [0.5, 0.6) is 0 Å². The fourth-order valence-corrected chi connectivity index (χ4v) is 1.13. The maximum atomic E-state index is 10.5. The second kappa shape index (κ2) is 2.30. The fourth-order valence-electron chi connectivity index (χ4n) is 1.13. The molecule has 0 unspecified atom stereocenters. The summed E-state index contributed by atoms with van der Waals surface area (Å²) in [6.07, 6.45) is 2.67. The van der Waals surface area contributed by atoms with Gasteiger partial charge in [-0.1, -0.05) is 0 Å². The van der Waals surface area contributed by atoms with Crippen molar-refractivity contribution in [2.75, 3.05) is 0 Å². The van der Waals surface area contributed by atoms with Crippen molar-refractivity contribution < 1.29 is 4.79 Å². The topological polar surface area (TPSA) is 52.9 Å². The number of carbonyl (C=O) groups excluding carboxylic acids is 1. The zero-order chi connectivity index (χ0) is 7.61. The first-order chi connectivity index (χ1) is 4.68. The Morgan fingerprint density at radius 1 is 1.70 bits per heavy atom. The number of hydrogen-bond donors (Lipinski definition) is 1. The lowest BCUT2D eigenvalue weighted by Crippen LogP contribution is -2.51. The minimum atomic E-state index is -0.508. The summed E-state index contributed by atoms with van der Waals surface area (Å²) in [4.78, 5) is 10.5. The van der Waals surface area contributed by atoms with Crippen LogP contribution >= 0.6 is 0 Å². The van der Waals surface area contributed by atoms with Crippen molar-refractivity contribution in [2.24, 2.45) is 0 Å². The molecule has 1 rings (SSSR count). The molecule has 0 aromatic rings. The molecule has 0 radical (unpaired) electrons. The van der Waals surface area contributed by atoms with E-state index in [1.807, 2.05) is 0 Å². The van der Waals surface area contributed by atoms with E-state index in [-0.39, 0.29) is 5.91 Å². The third-order valence-corrected chi connectivity index (χ3v) is 1.84. The highest BCUT2D eigenvalue weighted by molar-refractivity contribution is 5.74. The predicted octanol–water partition coefficient (Wildman–Crippen LogP) is 0.569. The number of nitrogens with one attached hydrogen (secondary N) is 1. The average molecular weight is 138 g/mol. The molecule has 0 bridgehead atoms. The first-order valence-electron chi connectivity index (χ1n) is 3.38. The number of nitrogens with zero attached hydrogens (tertiary/aromatic N) is 1. The van der Waals surface area contributed by atoms with Gasteiger partial charge in [-0.2, -0.15) is 5.26 Å². The molecular formula is C7H10N2O. The SMILES string of the molecule is CC(=O)NC1(C#N)CCC1. The first-order valence-corrected chi connectivity index (χ1v) is 3.38. The molecule has 0 saturated heterocycles. The Morgan fingerprint density at radius 3 is 2.40 bits per heavy atom. The zero-order valence-electron chi connectivity index (χ0n) is 5.98. The number of hydrogen-bond acceptors (Lipinski definition) is 2. The Morgan fingerprint density at radius 2 is 2.30 bits per heavy atom. The summed E-state index contributed by atoms with van der Waals surface area (Å²) in [5.74, 6) is -0.110. The molecule has 3 heteroatoms. The van der Waals surface area contributed by atoms with Crippen LogP contribution in [0, 0.1) is 11.3 Å². The van der Waals surface area contributed by atoms with Crippen LogP contribution in [-0.2, 0) is 4.79 Å². The van der Waals surface area contributed by atoms with E-state index in [1.165, 1.54) is 6.92 Å². The molecule has 10 heavy (non-hydrogen) atoms. The van der Waals surface area contributed by atoms with Gasteiger partial charge < -0.3 is 5.32 Å². The highest BCUT2D eigenvalue weighted by Crippen LogP contribution is 2.30. The maximum Gasteiger partial charge on any atom is 0.218 e. The molecule has 1 aliphatic carbocycles. The van der Waals surface area contributed by atoms with Gasteiger partial charge in [-0.15, -0.1) is 0 Å². The van der Waals surface area contributed by atoms with Crippen LogP contribution in [0.2, 0.25) is 0 Å². The van der Waals surface area contributed by atoms with Gasteiger partial charge in [0.05, 0.1) is 6.07 Å². The molecule has 0 atom stereocenters. The zero-order valence-corrected chi connectivity index (χ0v) is 5.98. The van der Waals surface area contributed by atoms with Crippen LogP contribution in [0.3, 0.4) is 0 Å². The van der Waals surface area contributed by atoms with Gasteiger partial charge in [0.15, 0.2) is 0 Å². The first kappa shape index (κ1) is 7.07. The fraction of sp³-hybridized carbons (Fsp3) is 0.714. The lowest BCUT2D eigenvalue weighted by atomic mass is 9.78. The standard InChI is InChI=1S/C7H10N2O/c1-6(10)9-7(5-8)3-2-4-7/h2-4H2,1H3,(H,9,10). The summed E-state index contributed by atoms with van der Waals surface area (Å²) in [6, 6.07) is 2.11. The van der Waals surface area contributed by atoms with E-state index < -0.39 is 5.54 Å². The molecule has 0 heterocycles. The molecule has 0 spiro atoms. The monoisotopic (exact) mass is 138 g/mol. The Kier molecular flexibility index (Phi) is 1.62. The van der Waals surface area contributed by atoms with E-state index in [9.17, 15) is 4.79 Å². The summed E-state index contributed by atoms with van der Waals surface area (Å²) < 4.78 is 0. The van der Waals surface area contributed by atoms with E-state index in [4.69, 9.17) is 5.26 Å². The second-order valence-electron chi connectivity index (χ2n) is 2.73. The quantitative estimate of drug-likeness (QED) is 0.575. The molecule has 0 aromatic heterocycles. The average Bonchev–Trinajstić information content (AvgIpc) is 1.78. The number of carbonyl (C=O) groups is 1. The largest absolute Gasteiger partial charge is 0.338 e. The Bertz CT molecular complexity index is 188. The van der Waals surface area contributed by atoms with Gasteiger partial charge in [0.2, 0.25) is 5.91 Å². The molecule has 1 fully saturated rings. The minimum absolute atomic E-state index is 0.110. The highest BCUT2D eigenvalue weighted by Gasteiger charge is 2.37. The highest BCUT2D eigenvalue weighted by atomic mass is 16.1. The smallest absolute Gasteiger partial charge is 0.218 e. The van der Waals surface area contributed by atoms with E-state index in [1.54, 1.807) is 0 Å². The molecule has 1 amide bonds. The third-order valence-electron chi connectivity index (χ3n) is 1.84. The van der Waals surface area contributed by atoms with Gasteiger partial charge in [-0.05, 0) is 19.3 Å². The number of rotatable bonds is 1. The lowest BCUT2D eigenvalue weighted by molar-refractivity contribution is -0.121. The molecule has 1 aliphatic rings. The molecule has 54 valence electrons. The third kappa shape index (κ3) is 1.10. The van der Waals surface area contributed by atoms with Crippen molar-refractivity contribution in [1.29, 1.82) is 5.26 Å². The second-order valence-corrected chi connectivity index (χ2v) is 2.73. The van der Waals surface area contributed by atoms with E-state index in [0.29, 0.717) is 0 Å². The summed E-state index contributed by atoms with van der Waals surface area (Å²) in [7, 11) is 0. The van der Waals surface area contributed by atoms with Crippen molar-refractivity contribution >= 4 is 5.91 Å². The maximum absolute atomic E-state index is 10.5. The van der Waals surface area contributed by atoms with Gasteiger partial charge in [0.1, 0.15) is 5.54 Å². The van der Waals surface area contributed by atoms with E-state index >= 15 is 0 Å². The van der Waals surface area contributed by atoms with Gasteiger partial charge in [0.25, 0.3) is 0 Å². The minimum Gasteiger partial charge on any atom is -0.338 e. The summed E-state index contributed by atoms with van der Waals surface area (Å²) in [5, 5.41) is 11.3. The van der Waals surface area contributed by atoms with Crippen LogP contribution < -0.4 is 5.32 Å². The van der Waals surface area contributed by atoms with Crippen molar-refractivity contribution in [2.45, 2.75) is 31.7 Å². The van der Waals surface area contributed by atoms with Crippen LogP contribution in [-0.4, -0.2) is 11.4 Å². The molecule has 1 saturated carbocycles. The van der Waals surface area contributed by atoms with Gasteiger partial charge >= 0.3 is 0 Å². The summed E-state index contributed by atoms with van der Waals surface area (Å²) >= 11 is 0. The van der Waals surface area contributed by atoms with Crippen LogP contribution in [0.15, 0.2) is 0 Å². The van der Waals surface area contributed by atoms with Gasteiger partial charge in [-0.25, -0.2) is 0 Å². The Hall–Kier alpha value is -1.04. The number of amides is 1. The Labute approximate surface area is 60.0 Å². The molecular weight excluding hydrogens is 128 g/mol. The predicted molar refractivity (Wildman–Crippen MR) is 36.0 cm³/mol. The van der Waals surface area contributed by atoms with E-state index in [0.717, 1.165) is 19.3 Å². The molecule has 3 nitrogen and oxygen atoms in total. The van der Waals surface area contributed by atoms with Gasteiger partial charge in [-0.3, -0.25) is 4.79 Å². The van der Waals surface area contributed by atoms with Crippen LogP contribution in [0.1, 0.15) is 26.2 Å². The normalized spacial score (nSPS) is 20.4. The molecule has 0 aliphatic heterocycles.